The molecule has 0 spiro atoms. The van der Waals surface area contributed by atoms with Crippen molar-refractivity contribution >= 4 is 0 Å². The van der Waals surface area contributed by atoms with Gasteiger partial charge in [0.15, 0.2) is 0 Å². The van der Waals surface area contributed by atoms with Crippen molar-refractivity contribution in [3.05, 3.63) is 52.8 Å². The third-order valence-corrected chi connectivity index (χ3v) is 6.92. The van der Waals surface area contributed by atoms with E-state index >= 15 is 0 Å². The quantitative estimate of drug-likeness (QED) is 0.628. The van der Waals surface area contributed by atoms with E-state index < -0.39 is 0 Å². The van der Waals surface area contributed by atoms with E-state index in [-0.39, 0.29) is 0 Å². The molecular formula is C26H40N4O. The second-order valence-electron chi connectivity index (χ2n) is 10.0. The zero-order chi connectivity index (χ0) is 21.6. The number of fused-ring (bicyclic) bond motifs is 1. The zero-order valence-corrected chi connectivity index (χ0v) is 19.6. The van der Waals surface area contributed by atoms with Crippen LogP contribution in [0.3, 0.4) is 0 Å². The summed E-state index contributed by atoms with van der Waals surface area (Å²) in [5, 5.41) is 7.81. The Morgan fingerprint density at radius 3 is 2.71 bits per heavy atom. The molecule has 1 fully saturated rings. The van der Waals surface area contributed by atoms with Crippen LogP contribution in [0, 0.1) is 11.8 Å². The van der Waals surface area contributed by atoms with Crippen molar-refractivity contribution in [3.63, 3.8) is 0 Å². The highest BCUT2D eigenvalue weighted by Crippen LogP contribution is 2.29. The minimum Gasteiger partial charge on any atom is -0.383 e. The van der Waals surface area contributed by atoms with Gasteiger partial charge >= 0.3 is 0 Å². The van der Waals surface area contributed by atoms with Crippen LogP contribution < -0.4 is 0 Å². The van der Waals surface area contributed by atoms with Crippen molar-refractivity contribution < 1.29 is 4.74 Å². The monoisotopic (exact) mass is 424 g/mol. The Balaban J connectivity index is 1.33. The average Bonchev–Trinajstić information content (AvgIpc) is 3.38. The van der Waals surface area contributed by atoms with Gasteiger partial charge < -0.3 is 4.74 Å². The lowest BCUT2D eigenvalue weighted by atomic mass is 9.95. The number of piperidine rings is 1. The van der Waals surface area contributed by atoms with Gasteiger partial charge in [-0.25, -0.2) is 0 Å². The van der Waals surface area contributed by atoms with Gasteiger partial charge in [-0.2, -0.15) is 5.10 Å². The molecule has 2 aromatic rings. The Kier molecular flexibility index (Phi) is 7.81. The smallest absolute Gasteiger partial charge is 0.0628 e. The number of methoxy groups -OCH3 is 1. The van der Waals surface area contributed by atoms with Gasteiger partial charge in [0.25, 0.3) is 0 Å². The maximum atomic E-state index is 5.42. The molecule has 0 bridgehead atoms. The van der Waals surface area contributed by atoms with E-state index in [1.54, 1.807) is 18.2 Å². The van der Waals surface area contributed by atoms with Gasteiger partial charge in [0.05, 0.1) is 12.3 Å². The molecule has 1 aliphatic carbocycles. The van der Waals surface area contributed by atoms with Crippen molar-refractivity contribution in [2.75, 3.05) is 39.9 Å². The van der Waals surface area contributed by atoms with Gasteiger partial charge in [-0.15, -0.1) is 0 Å². The van der Waals surface area contributed by atoms with E-state index in [2.05, 4.69) is 64.2 Å². The van der Waals surface area contributed by atoms with Crippen LogP contribution in [0.5, 0.6) is 0 Å². The average molecular weight is 425 g/mol. The summed E-state index contributed by atoms with van der Waals surface area (Å²) in [6.07, 6.45) is 6.14. The molecule has 1 aromatic carbocycles. The van der Waals surface area contributed by atoms with Crippen LogP contribution in [-0.2, 0) is 30.5 Å². The molecule has 4 rings (SSSR count). The number of aromatic nitrogens is 2. The third kappa shape index (κ3) is 6.18. The van der Waals surface area contributed by atoms with E-state index in [0.29, 0.717) is 12.0 Å². The number of nitrogens with zero attached hydrogens (tertiary/aromatic N) is 3. The molecule has 1 N–H and O–H groups in total. The summed E-state index contributed by atoms with van der Waals surface area (Å²) in [6, 6.07) is 12.0. The molecule has 0 saturated carbocycles. The van der Waals surface area contributed by atoms with Gasteiger partial charge in [-0.05, 0) is 67.7 Å². The molecule has 0 amide bonds. The molecule has 2 heterocycles. The summed E-state index contributed by atoms with van der Waals surface area (Å²) in [6.45, 7) is 10.8. The van der Waals surface area contributed by atoms with E-state index in [1.807, 2.05) is 0 Å². The van der Waals surface area contributed by atoms with Crippen LogP contribution in [0.25, 0.3) is 0 Å². The first-order chi connectivity index (χ1) is 15.1. The fourth-order valence-electron chi connectivity index (χ4n) is 5.45. The molecule has 1 saturated heterocycles. The molecule has 31 heavy (non-hydrogen) atoms. The van der Waals surface area contributed by atoms with E-state index in [4.69, 9.17) is 4.74 Å². The van der Waals surface area contributed by atoms with Crippen LogP contribution in [0.2, 0.25) is 0 Å². The number of likely N-dealkylation sites (tertiary alicyclic amines) is 1. The van der Waals surface area contributed by atoms with E-state index in [9.17, 15) is 0 Å². The van der Waals surface area contributed by atoms with Crippen molar-refractivity contribution in [3.8, 4) is 0 Å². The van der Waals surface area contributed by atoms with Crippen LogP contribution in [-0.4, -0.2) is 65.9 Å². The Morgan fingerprint density at radius 1 is 1.23 bits per heavy atom. The predicted molar refractivity (Wildman–Crippen MR) is 126 cm³/mol. The van der Waals surface area contributed by atoms with Gasteiger partial charge in [-0.3, -0.25) is 14.9 Å². The van der Waals surface area contributed by atoms with Gasteiger partial charge in [0.1, 0.15) is 0 Å². The number of ether oxygens (including phenoxy) is 1. The molecule has 2 aliphatic rings. The number of benzene rings is 1. The number of rotatable bonds is 10. The van der Waals surface area contributed by atoms with Crippen LogP contribution in [0.15, 0.2) is 30.3 Å². The summed E-state index contributed by atoms with van der Waals surface area (Å²) in [5.74, 6) is 1.36. The minimum absolute atomic E-state index is 0.635. The maximum absolute atomic E-state index is 5.42. The Hall–Kier alpha value is -1.69. The molecule has 1 aromatic heterocycles. The number of hydrogen-bond donors (Lipinski definition) is 1. The molecular weight excluding hydrogens is 384 g/mol. The minimum atomic E-state index is 0.635. The molecule has 1 aliphatic heterocycles. The predicted octanol–water partition coefficient (Wildman–Crippen LogP) is 3.94. The van der Waals surface area contributed by atoms with Gasteiger partial charge in [0.2, 0.25) is 0 Å². The van der Waals surface area contributed by atoms with Crippen LogP contribution in [0.1, 0.15) is 49.2 Å². The molecule has 0 radical (unpaired) electrons. The third-order valence-electron chi connectivity index (χ3n) is 6.92. The Morgan fingerprint density at radius 2 is 2.00 bits per heavy atom. The second kappa shape index (κ2) is 10.8. The van der Waals surface area contributed by atoms with E-state index in [0.717, 1.165) is 38.6 Å². The first-order valence-electron chi connectivity index (χ1n) is 12.2. The van der Waals surface area contributed by atoms with Crippen molar-refractivity contribution in [2.45, 2.75) is 58.5 Å². The highest BCUT2D eigenvalue weighted by Gasteiger charge is 2.31. The Bertz CT molecular complexity index is 792. The summed E-state index contributed by atoms with van der Waals surface area (Å²) >= 11 is 0. The zero-order valence-electron chi connectivity index (χ0n) is 19.6. The summed E-state index contributed by atoms with van der Waals surface area (Å²) in [7, 11) is 1.80. The lowest BCUT2D eigenvalue weighted by molar-refractivity contribution is 0.0839. The molecule has 5 nitrogen and oxygen atoms in total. The second-order valence-corrected chi connectivity index (χ2v) is 10.0. The van der Waals surface area contributed by atoms with Crippen LogP contribution >= 0.6 is 0 Å². The normalized spacial score (nSPS) is 20.1. The fourth-order valence-corrected chi connectivity index (χ4v) is 5.45. The first-order valence-corrected chi connectivity index (χ1v) is 12.2. The highest BCUT2D eigenvalue weighted by atomic mass is 16.5. The standard InChI is InChI=1S/C26H40N4O/c1-20(2)13-24-16-25(28-27-24)19-29(11-12-31-3)17-21-7-6-10-30(18-21)26-14-22-8-4-5-9-23(22)15-26/h4-5,8-9,16,20-21,26H,6-7,10-15,17-19H2,1-3H3,(H,27,28)/t21-/m0/s1. The maximum Gasteiger partial charge on any atom is 0.0628 e. The summed E-state index contributed by atoms with van der Waals surface area (Å²) < 4.78 is 5.42. The van der Waals surface area contributed by atoms with Crippen molar-refractivity contribution in [1.82, 2.24) is 20.0 Å². The number of hydrogen-bond acceptors (Lipinski definition) is 4. The highest BCUT2D eigenvalue weighted by molar-refractivity contribution is 5.33. The lowest BCUT2D eigenvalue weighted by Crippen LogP contribution is -2.46. The number of nitrogens with one attached hydrogen (secondary N) is 1. The largest absolute Gasteiger partial charge is 0.383 e. The molecule has 0 unspecified atom stereocenters. The van der Waals surface area contributed by atoms with Crippen molar-refractivity contribution in [1.29, 1.82) is 0 Å². The van der Waals surface area contributed by atoms with Gasteiger partial charge in [0, 0.05) is 45.0 Å². The summed E-state index contributed by atoms with van der Waals surface area (Å²) in [5.41, 5.74) is 5.53. The van der Waals surface area contributed by atoms with Crippen LogP contribution in [0.4, 0.5) is 0 Å². The first kappa shape index (κ1) is 22.5. The number of aromatic amines is 1. The fraction of sp³-hybridized carbons (Fsp3) is 0.654. The van der Waals surface area contributed by atoms with Gasteiger partial charge in [-0.1, -0.05) is 38.1 Å². The Labute approximate surface area is 188 Å². The SMILES string of the molecule is COCCN(Cc1cc(CC(C)C)n[nH]1)C[C@@H]1CCCN(C2Cc3ccccc3C2)C1. The van der Waals surface area contributed by atoms with Crippen molar-refractivity contribution in [2.24, 2.45) is 11.8 Å². The van der Waals surface area contributed by atoms with E-state index in [1.165, 1.54) is 50.2 Å². The molecule has 5 heteroatoms. The molecule has 1 atom stereocenters. The topological polar surface area (TPSA) is 44.4 Å². The molecule has 170 valence electrons. The lowest BCUT2D eigenvalue weighted by Gasteiger charge is -2.38. The number of H-pyrrole nitrogens is 1. The summed E-state index contributed by atoms with van der Waals surface area (Å²) in [4.78, 5) is 5.34.